The maximum absolute atomic E-state index is 13.0. The fourth-order valence-corrected chi connectivity index (χ4v) is 4.04. The highest BCUT2D eigenvalue weighted by molar-refractivity contribution is 5.93. The van der Waals surface area contributed by atoms with Gasteiger partial charge in [-0.2, -0.15) is 0 Å². The molecule has 1 saturated heterocycles. The van der Waals surface area contributed by atoms with E-state index in [-0.39, 0.29) is 11.9 Å². The van der Waals surface area contributed by atoms with Crippen LogP contribution in [0.3, 0.4) is 0 Å². The smallest absolute Gasteiger partial charge is 0.276 e. The lowest BCUT2D eigenvalue weighted by atomic mass is 9.97. The summed E-state index contributed by atoms with van der Waals surface area (Å²) in [6.07, 6.45) is 0.989. The van der Waals surface area contributed by atoms with Gasteiger partial charge in [0.15, 0.2) is 5.69 Å². The molecule has 0 bridgehead atoms. The summed E-state index contributed by atoms with van der Waals surface area (Å²) in [5.74, 6) is -0.0588. The van der Waals surface area contributed by atoms with E-state index in [0.717, 1.165) is 37.4 Å². The third-order valence-electron chi connectivity index (χ3n) is 5.72. The first-order valence-electron chi connectivity index (χ1n) is 9.74. The van der Waals surface area contributed by atoms with Crippen LogP contribution in [0.5, 0.6) is 0 Å². The summed E-state index contributed by atoms with van der Waals surface area (Å²) in [6, 6.07) is 6.39. The van der Waals surface area contributed by atoms with Gasteiger partial charge in [-0.25, -0.2) is 4.68 Å². The van der Waals surface area contributed by atoms with E-state index in [0.29, 0.717) is 25.5 Å². The zero-order valence-corrected chi connectivity index (χ0v) is 16.3. The number of morpholine rings is 1. The van der Waals surface area contributed by atoms with E-state index in [9.17, 15) is 4.79 Å². The molecule has 0 saturated carbocycles. The van der Waals surface area contributed by atoms with Crippen LogP contribution in [0.2, 0.25) is 0 Å². The number of hydrogen-bond acceptors (Lipinski definition) is 5. The van der Waals surface area contributed by atoms with Crippen LogP contribution in [0.15, 0.2) is 18.2 Å². The molecule has 0 aliphatic carbocycles. The summed E-state index contributed by atoms with van der Waals surface area (Å²) >= 11 is 0. The van der Waals surface area contributed by atoms with Crippen molar-refractivity contribution in [1.29, 1.82) is 0 Å². The lowest BCUT2D eigenvalue weighted by molar-refractivity contribution is 0.00322. The van der Waals surface area contributed by atoms with Gasteiger partial charge in [-0.1, -0.05) is 24.3 Å². The highest BCUT2D eigenvalue weighted by Gasteiger charge is 2.29. The molecule has 0 N–H and O–H groups in total. The van der Waals surface area contributed by atoms with Crippen LogP contribution in [0.4, 0.5) is 0 Å². The Kier molecular flexibility index (Phi) is 4.97. The highest BCUT2D eigenvalue weighted by atomic mass is 16.5. The normalized spacial score (nSPS) is 20.6. The standard InChI is InChI=1S/C20H27N5O2/c1-4-23-9-8-17-16(12-23)6-5-7-18(17)25-15(3)19(21-22-25)20(26)24-10-11-27-13-14(24)2/h5-7,14H,4,8-13H2,1-3H3/t14-/m1/s1. The SMILES string of the molecule is CCN1CCc2c(cccc2-n2nnc(C(=O)N3CCOC[C@H]3C)c2C)C1. The van der Waals surface area contributed by atoms with Gasteiger partial charge in [0.25, 0.3) is 5.91 Å². The molecule has 27 heavy (non-hydrogen) atoms. The number of fused-ring (bicyclic) bond motifs is 1. The third kappa shape index (κ3) is 3.26. The molecule has 1 fully saturated rings. The Labute approximate surface area is 159 Å². The molecule has 4 rings (SSSR count). The number of carbonyl (C=O) groups is 1. The van der Waals surface area contributed by atoms with Crippen LogP contribution in [-0.2, 0) is 17.7 Å². The van der Waals surface area contributed by atoms with Crippen molar-refractivity contribution in [2.75, 3.05) is 32.8 Å². The van der Waals surface area contributed by atoms with Crippen LogP contribution < -0.4 is 0 Å². The van der Waals surface area contributed by atoms with Crippen molar-refractivity contribution in [3.8, 4) is 5.69 Å². The number of ether oxygens (including phenoxy) is 1. The first kappa shape index (κ1) is 18.1. The number of benzene rings is 1. The molecule has 1 amide bonds. The Balaban J connectivity index is 1.66. The summed E-state index contributed by atoms with van der Waals surface area (Å²) in [7, 11) is 0. The van der Waals surface area contributed by atoms with Crippen molar-refractivity contribution in [2.24, 2.45) is 0 Å². The zero-order chi connectivity index (χ0) is 19.0. The average Bonchev–Trinajstić information content (AvgIpc) is 3.08. The van der Waals surface area contributed by atoms with E-state index in [1.165, 1.54) is 11.1 Å². The molecule has 0 unspecified atom stereocenters. The van der Waals surface area contributed by atoms with Crippen molar-refractivity contribution >= 4 is 5.91 Å². The molecular formula is C20H27N5O2. The van der Waals surface area contributed by atoms with E-state index in [4.69, 9.17) is 4.74 Å². The molecule has 1 aromatic carbocycles. The zero-order valence-electron chi connectivity index (χ0n) is 16.3. The summed E-state index contributed by atoms with van der Waals surface area (Å²) in [5, 5.41) is 8.60. The molecule has 0 spiro atoms. The van der Waals surface area contributed by atoms with Gasteiger partial charge in [0.1, 0.15) is 0 Å². The Hall–Kier alpha value is -2.25. The van der Waals surface area contributed by atoms with E-state index in [1.54, 1.807) is 0 Å². The lowest BCUT2D eigenvalue weighted by Crippen LogP contribution is -2.47. The van der Waals surface area contributed by atoms with Crippen molar-refractivity contribution in [3.63, 3.8) is 0 Å². The first-order valence-corrected chi connectivity index (χ1v) is 9.74. The molecule has 2 aromatic rings. The van der Waals surface area contributed by atoms with Gasteiger partial charge in [-0.15, -0.1) is 5.10 Å². The van der Waals surface area contributed by atoms with Gasteiger partial charge in [-0.05, 0) is 44.0 Å². The second-order valence-corrected chi connectivity index (χ2v) is 7.39. The molecule has 144 valence electrons. The Morgan fingerprint density at radius 2 is 2.19 bits per heavy atom. The predicted molar refractivity (Wildman–Crippen MR) is 102 cm³/mol. The minimum atomic E-state index is -0.0588. The molecular weight excluding hydrogens is 342 g/mol. The van der Waals surface area contributed by atoms with Crippen LogP contribution in [0.25, 0.3) is 5.69 Å². The van der Waals surface area contributed by atoms with E-state index in [2.05, 4.69) is 40.3 Å². The highest BCUT2D eigenvalue weighted by Crippen LogP contribution is 2.26. The number of hydrogen-bond donors (Lipinski definition) is 0. The Morgan fingerprint density at radius 1 is 1.33 bits per heavy atom. The summed E-state index contributed by atoms with van der Waals surface area (Å²) < 4.78 is 7.28. The topological polar surface area (TPSA) is 63.5 Å². The Bertz CT molecular complexity index is 847. The van der Waals surface area contributed by atoms with Crippen LogP contribution >= 0.6 is 0 Å². The Morgan fingerprint density at radius 3 is 2.96 bits per heavy atom. The predicted octanol–water partition coefficient (Wildman–Crippen LogP) is 1.81. The van der Waals surface area contributed by atoms with Gasteiger partial charge in [0, 0.05) is 19.6 Å². The van der Waals surface area contributed by atoms with E-state index in [1.807, 2.05) is 23.4 Å². The van der Waals surface area contributed by atoms with Gasteiger partial charge >= 0.3 is 0 Å². The fourth-order valence-electron chi connectivity index (χ4n) is 4.04. The second-order valence-electron chi connectivity index (χ2n) is 7.39. The lowest BCUT2D eigenvalue weighted by Gasteiger charge is -2.32. The molecule has 2 aliphatic heterocycles. The van der Waals surface area contributed by atoms with Crippen LogP contribution in [0, 0.1) is 6.92 Å². The van der Waals surface area contributed by atoms with Gasteiger partial charge < -0.3 is 9.64 Å². The minimum Gasteiger partial charge on any atom is -0.377 e. The van der Waals surface area contributed by atoms with Gasteiger partial charge in [0.2, 0.25) is 0 Å². The molecule has 3 heterocycles. The van der Waals surface area contributed by atoms with Gasteiger partial charge in [0.05, 0.1) is 30.6 Å². The maximum atomic E-state index is 13.0. The summed E-state index contributed by atoms with van der Waals surface area (Å²) in [6.45, 7) is 10.9. The molecule has 2 aliphatic rings. The third-order valence-corrected chi connectivity index (χ3v) is 5.72. The fraction of sp³-hybridized carbons (Fsp3) is 0.550. The number of rotatable bonds is 3. The maximum Gasteiger partial charge on any atom is 0.276 e. The van der Waals surface area contributed by atoms with Crippen molar-refractivity contribution in [2.45, 2.75) is 39.8 Å². The van der Waals surface area contributed by atoms with E-state index < -0.39 is 0 Å². The number of carbonyl (C=O) groups excluding carboxylic acids is 1. The number of likely N-dealkylation sites (N-methyl/N-ethyl adjacent to an activating group) is 1. The van der Waals surface area contributed by atoms with Crippen LogP contribution in [-0.4, -0.2) is 69.6 Å². The second kappa shape index (κ2) is 7.40. The number of nitrogens with zero attached hydrogens (tertiary/aromatic N) is 5. The van der Waals surface area contributed by atoms with Crippen LogP contribution in [0.1, 0.15) is 41.2 Å². The largest absolute Gasteiger partial charge is 0.377 e. The van der Waals surface area contributed by atoms with Crippen molar-refractivity contribution in [3.05, 3.63) is 40.7 Å². The van der Waals surface area contributed by atoms with E-state index >= 15 is 0 Å². The summed E-state index contributed by atoms with van der Waals surface area (Å²) in [5.41, 5.74) is 4.93. The quantitative estimate of drug-likeness (QED) is 0.826. The number of amides is 1. The van der Waals surface area contributed by atoms with Crippen molar-refractivity contribution < 1.29 is 9.53 Å². The molecule has 7 heteroatoms. The minimum absolute atomic E-state index is 0.0558. The monoisotopic (exact) mass is 369 g/mol. The first-order chi connectivity index (χ1) is 13.1. The van der Waals surface area contributed by atoms with Gasteiger partial charge in [-0.3, -0.25) is 9.69 Å². The molecule has 0 radical (unpaired) electrons. The van der Waals surface area contributed by atoms with Crippen molar-refractivity contribution in [1.82, 2.24) is 24.8 Å². The number of aromatic nitrogens is 3. The summed E-state index contributed by atoms with van der Waals surface area (Å²) in [4.78, 5) is 17.3. The molecule has 1 aromatic heterocycles. The molecule has 7 nitrogen and oxygen atoms in total. The average molecular weight is 369 g/mol. The molecule has 1 atom stereocenters.